The minimum absolute atomic E-state index is 0.0158. The van der Waals surface area contributed by atoms with E-state index in [1.807, 2.05) is 22.1 Å². The second-order valence-electron chi connectivity index (χ2n) is 7.54. The Kier molecular flexibility index (Phi) is 5.16. The maximum atomic E-state index is 11.8. The number of piperidine rings is 1. The van der Waals surface area contributed by atoms with E-state index >= 15 is 0 Å². The highest BCUT2D eigenvalue weighted by atomic mass is 32.2. The van der Waals surface area contributed by atoms with Crippen molar-refractivity contribution in [2.45, 2.75) is 38.3 Å². The first-order valence-electron chi connectivity index (χ1n) is 9.64. The number of fused-ring (bicyclic) bond motifs is 1. The molecule has 0 bridgehead atoms. The molecule has 3 aliphatic rings. The van der Waals surface area contributed by atoms with Crippen LogP contribution in [0.3, 0.4) is 0 Å². The molecule has 1 amide bonds. The Labute approximate surface area is 170 Å². The van der Waals surface area contributed by atoms with E-state index in [1.165, 1.54) is 12.6 Å². The molecule has 1 aromatic rings. The van der Waals surface area contributed by atoms with Crippen molar-refractivity contribution in [3.05, 3.63) is 47.3 Å². The summed E-state index contributed by atoms with van der Waals surface area (Å²) in [5, 5.41) is 0. The van der Waals surface area contributed by atoms with Crippen LogP contribution in [0.15, 0.2) is 47.3 Å². The van der Waals surface area contributed by atoms with E-state index in [1.54, 1.807) is 25.1 Å². The standard InChI is InChI=1S/C20H24N4O4S/c1-14(25)23-8-6-16(7-9-23)28-20-12-19(21-13-22-20)24-10-5-15-11-17(29(2,26)27)3-4-18(15)24/h3,5,10-13,16,18H,4,6-9H2,1-2H3. The fourth-order valence-corrected chi connectivity index (χ4v) is 4.63. The van der Waals surface area contributed by atoms with Gasteiger partial charge >= 0.3 is 0 Å². The maximum absolute atomic E-state index is 11.8. The molecule has 3 heterocycles. The third-order valence-electron chi connectivity index (χ3n) is 5.49. The van der Waals surface area contributed by atoms with E-state index in [9.17, 15) is 13.2 Å². The number of rotatable bonds is 4. The number of sulfone groups is 1. The number of amides is 1. The third kappa shape index (κ3) is 4.19. The lowest BCUT2D eigenvalue weighted by Crippen LogP contribution is -2.40. The summed E-state index contributed by atoms with van der Waals surface area (Å²) in [5.41, 5.74) is 0.950. The summed E-state index contributed by atoms with van der Waals surface area (Å²) in [7, 11) is -3.22. The van der Waals surface area contributed by atoms with Gasteiger partial charge in [-0.05, 0) is 24.1 Å². The Morgan fingerprint density at radius 2 is 2.00 bits per heavy atom. The molecule has 0 saturated carbocycles. The lowest BCUT2D eigenvalue weighted by Gasteiger charge is -2.31. The van der Waals surface area contributed by atoms with Crippen LogP contribution in [0.5, 0.6) is 5.88 Å². The lowest BCUT2D eigenvalue weighted by atomic mass is 10.0. The van der Waals surface area contributed by atoms with Crippen LogP contribution < -0.4 is 9.64 Å². The van der Waals surface area contributed by atoms with Crippen LogP contribution in [-0.4, -0.2) is 60.7 Å². The molecule has 0 spiro atoms. The summed E-state index contributed by atoms with van der Waals surface area (Å²) in [4.78, 5) is 24.3. The van der Waals surface area contributed by atoms with E-state index in [0.717, 1.165) is 18.4 Å². The molecule has 0 aromatic carbocycles. The molecule has 0 radical (unpaired) electrons. The molecule has 0 N–H and O–H groups in total. The minimum Gasteiger partial charge on any atom is -0.474 e. The number of hydrogen-bond donors (Lipinski definition) is 0. The summed E-state index contributed by atoms with van der Waals surface area (Å²) >= 11 is 0. The predicted octanol–water partition coefficient (Wildman–Crippen LogP) is 1.83. The van der Waals surface area contributed by atoms with Crippen LogP contribution in [0.1, 0.15) is 26.2 Å². The van der Waals surface area contributed by atoms with Crippen molar-refractivity contribution in [1.29, 1.82) is 0 Å². The zero-order chi connectivity index (χ0) is 20.6. The van der Waals surface area contributed by atoms with Crippen LogP contribution in [0.2, 0.25) is 0 Å². The number of carbonyl (C=O) groups is 1. The zero-order valence-electron chi connectivity index (χ0n) is 16.5. The SMILES string of the molecule is CC(=O)N1CCC(Oc2cc(N3C=CC4=CC(S(C)(=O)=O)=CCC43)ncn2)CC1. The van der Waals surface area contributed by atoms with Gasteiger partial charge in [0, 0.05) is 51.4 Å². The molecule has 2 aliphatic heterocycles. The monoisotopic (exact) mass is 416 g/mol. The van der Waals surface area contributed by atoms with E-state index in [-0.39, 0.29) is 18.1 Å². The number of nitrogens with zero attached hydrogens (tertiary/aromatic N) is 4. The quantitative estimate of drug-likeness (QED) is 0.739. The number of hydrogen-bond acceptors (Lipinski definition) is 7. The van der Waals surface area contributed by atoms with E-state index < -0.39 is 9.84 Å². The zero-order valence-corrected chi connectivity index (χ0v) is 17.3. The molecule has 1 fully saturated rings. The summed E-state index contributed by atoms with van der Waals surface area (Å²) in [6, 6.07) is 1.82. The van der Waals surface area contributed by atoms with Crippen molar-refractivity contribution in [2.75, 3.05) is 24.2 Å². The van der Waals surface area contributed by atoms with Crippen LogP contribution in [0.4, 0.5) is 5.82 Å². The van der Waals surface area contributed by atoms with Gasteiger partial charge < -0.3 is 14.5 Å². The van der Waals surface area contributed by atoms with Gasteiger partial charge in [-0.3, -0.25) is 4.79 Å². The molecule has 9 heteroatoms. The average Bonchev–Trinajstić information content (AvgIpc) is 3.11. The van der Waals surface area contributed by atoms with Crippen molar-refractivity contribution in [1.82, 2.24) is 14.9 Å². The predicted molar refractivity (Wildman–Crippen MR) is 109 cm³/mol. The summed E-state index contributed by atoms with van der Waals surface area (Å²) in [6.45, 7) is 2.97. The summed E-state index contributed by atoms with van der Waals surface area (Å²) in [5.74, 6) is 1.31. The van der Waals surface area contributed by atoms with Gasteiger partial charge in [-0.2, -0.15) is 0 Å². The fraction of sp³-hybridized carbons (Fsp3) is 0.450. The van der Waals surface area contributed by atoms with Gasteiger partial charge in [0.25, 0.3) is 0 Å². The fourth-order valence-electron chi connectivity index (χ4n) is 3.88. The number of ether oxygens (including phenoxy) is 1. The second-order valence-corrected chi connectivity index (χ2v) is 9.55. The van der Waals surface area contributed by atoms with E-state index in [0.29, 0.717) is 36.1 Å². The number of allylic oxidation sites excluding steroid dienone is 1. The van der Waals surface area contributed by atoms with Gasteiger partial charge in [0.15, 0.2) is 9.84 Å². The molecule has 29 heavy (non-hydrogen) atoms. The highest BCUT2D eigenvalue weighted by Crippen LogP contribution is 2.34. The van der Waals surface area contributed by atoms with Crippen molar-refractivity contribution in [2.24, 2.45) is 0 Å². The van der Waals surface area contributed by atoms with Gasteiger partial charge in [-0.25, -0.2) is 18.4 Å². The van der Waals surface area contributed by atoms with Crippen molar-refractivity contribution < 1.29 is 17.9 Å². The van der Waals surface area contributed by atoms with Crippen LogP contribution in [0, 0.1) is 0 Å². The molecule has 8 nitrogen and oxygen atoms in total. The molecule has 154 valence electrons. The lowest BCUT2D eigenvalue weighted by molar-refractivity contribution is -0.130. The van der Waals surface area contributed by atoms with Gasteiger partial charge in [0.05, 0.1) is 10.9 Å². The summed E-state index contributed by atoms with van der Waals surface area (Å²) < 4.78 is 29.7. The molecule has 1 atom stereocenters. The normalized spacial score (nSPS) is 22.2. The highest BCUT2D eigenvalue weighted by molar-refractivity contribution is 7.94. The topological polar surface area (TPSA) is 92.7 Å². The van der Waals surface area contributed by atoms with Crippen molar-refractivity contribution >= 4 is 21.6 Å². The first-order chi connectivity index (χ1) is 13.8. The van der Waals surface area contributed by atoms with Crippen LogP contribution in [0.25, 0.3) is 0 Å². The largest absolute Gasteiger partial charge is 0.474 e. The second kappa shape index (κ2) is 7.62. The molecule has 1 unspecified atom stereocenters. The Bertz CT molecular complexity index is 1010. The van der Waals surface area contributed by atoms with Gasteiger partial charge in [0.1, 0.15) is 18.2 Å². The molecule has 1 aliphatic carbocycles. The van der Waals surface area contributed by atoms with Crippen molar-refractivity contribution in [3.8, 4) is 5.88 Å². The third-order valence-corrected chi connectivity index (χ3v) is 6.64. The molecular formula is C20H24N4O4S. The van der Waals surface area contributed by atoms with Crippen LogP contribution in [-0.2, 0) is 14.6 Å². The van der Waals surface area contributed by atoms with Crippen LogP contribution >= 0.6 is 0 Å². The average molecular weight is 417 g/mol. The Morgan fingerprint density at radius 1 is 1.24 bits per heavy atom. The first kappa shape index (κ1) is 19.6. The van der Waals surface area contributed by atoms with Gasteiger partial charge in [0.2, 0.25) is 11.8 Å². The smallest absolute Gasteiger partial charge is 0.219 e. The molecule has 4 rings (SSSR count). The maximum Gasteiger partial charge on any atom is 0.219 e. The minimum atomic E-state index is -3.22. The highest BCUT2D eigenvalue weighted by Gasteiger charge is 2.30. The first-order valence-corrected chi connectivity index (χ1v) is 11.5. The number of likely N-dealkylation sites (tertiary alicyclic amines) is 1. The van der Waals surface area contributed by atoms with Gasteiger partial charge in [-0.1, -0.05) is 6.08 Å². The number of carbonyl (C=O) groups excluding carboxylic acids is 1. The Hall–Kier alpha value is -2.68. The molecule has 1 saturated heterocycles. The summed E-state index contributed by atoms with van der Waals surface area (Å²) in [6.07, 6.45) is 12.2. The van der Waals surface area contributed by atoms with Gasteiger partial charge in [-0.15, -0.1) is 0 Å². The van der Waals surface area contributed by atoms with E-state index in [2.05, 4.69) is 9.97 Å². The Balaban J connectivity index is 1.44. The molecule has 1 aromatic heterocycles. The van der Waals surface area contributed by atoms with Crippen molar-refractivity contribution in [3.63, 3.8) is 0 Å². The van der Waals surface area contributed by atoms with E-state index in [4.69, 9.17) is 4.74 Å². The number of anilines is 1. The Morgan fingerprint density at radius 3 is 2.69 bits per heavy atom. The number of aromatic nitrogens is 2. The molecular weight excluding hydrogens is 392 g/mol.